The number of carbonyl (C=O) groups is 2. The van der Waals surface area contributed by atoms with E-state index >= 15 is 0 Å². The number of ether oxygens (including phenoxy) is 1. The van der Waals surface area contributed by atoms with Crippen LogP contribution in [0, 0.1) is 6.92 Å². The summed E-state index contributed by atoms with van der Waals surface area (Å²) in [6.07, 6.45) is 0. The fraction of sp³-hybridized carbons (Fsp3) is 0.562. The van der Waals surface area contributed by atoms with Crippen molar-refractivity contribution in [3.63, 3.8) is 0 Å². The van der Waals surface area contributed by atoms with Gasteiger partial charge in [0, 0.05) is 18.0 Å². The lowest BCUT2D eigenvalue weighted by atomic mass is 9.92. The molecule has 0 radical (unpaired) electrons. The maximum absolute atomic E-state index is 12.0. The Morgan fingerprint density at radius 1 is 1.29 bits per heavy atom. The van der Waals surface area contributed by atoms with Gasteiger partial charge in [0.2, 0.25) is 0 Å². The molecule has 0 amide bonds. The molecule has 0 bridgehead atoms. The smallest absolute Gasteiger partial charge is 0.340 e. The first-order valence-electron chi connectivity index (χ1n) is 7.06. The van der Waals surface area contributed by atoms with Crippen LogP contribution >= 0.6 is 0 Å². The summed E-state index contributed by atoms with van der Waals surface area (Å²) in [5.74, 6) is -0.462. The van der Waals surface area contributed by atoms with Crippen LogP contribution in [0.3, 0.4) is 0 Å². The second kappa shape index (κ2) is 6.24. The maximum Gasteiger partial charge on any atom is 0.340 e. The van der Waals surface area contributed by atoms with Gasteiger partial charge >= 0.3 is 5.97 Å². The zero-order valence-electron chi connectivity index (χ0n) is 13.9. The third-order valence-electron chi connectivity index (χ3n) is 3.24. The van der Waals surface area contributed by atoms with Crippen LogP contribution in [-0.2, 0) is 14.9 Å². The fourth-order valence-corrected chi connectivity index (χ4v) is 1.90. The van der Waals surface area contributed by atoms with Gasteiger partial charge in [0.1, 0.15) is 5.71 Å². The van der Waals surface area contributed by atoms with Crippen LogP contribution in [0.2, 0.25) is 0 Å². The minimum absolute atomic E-state index is 0.0966. The molecule has 0 N–H and O–H groups in total. The molecule has 0 fully saturated rings. The predicted molar refractivity (Wildman–Crippen MR) is 83.0 cm³/mol. The molecule has 0 saturated heterocycles. The molecule has 5 heteroatoms. The number of Topliss-reactive ketones (excluding diaryl/α,β-unsaturated/α-hetero) is 1. The molecule has 0 aliphatic carbocycles. The van der Waals surface area contributed by atoms with Crippen molar-refractivity contribution in [1.82, 2.24) is 4.68 Å². The van der Waals surface area contributed by atoms with E-state index in [9.17, 15) is 9.59 Å². The Hall–Kier alpha value is -1.91. The van der Waals surface area contributed by atoms with Gasteiger partial charge in [-0.25, -0.2) is 9.47 Å². The molecule has 1 rings (SSSR count). The van der Waals surface area contributed by atoms with E-state index in [0.29, 0.717) is 23.6 Å². The van der Waals surface area contributed by atoms with Gasteiger partial charge in [-0.2, -0.15) is 5.10 Å². The summed E-state index contributed by atoms with van der Waals surface area (Å²) < 4.78 is 6.74. The number of carbonyl (C=O) groups excluding carboxylic acids is 2. The van der Waals surface area contributed by atoms with Gasteiger partial charge < -0.3 is 4.74 Å². The Morgan fingerprint density at radius 3 is 2.29 bits per heavy atom. The van der Waals surface area contributed by atoms with Crippen molar-refractivity contribution in [2.45, 2.75) is 53.9 Å². The second-order valence-corrected chi connectivity index (χ2v) is 6.05. The van der Waals surface area contributed by atoms with Crippen LogP contribution in [0.15, 0.2) is 11.2 Å². The lowest BCUT2D eigenvalue weighted by Crippen LogP contribution is -2.18. The molecule has 0 saturated carbocycles. The zero-order valence-corrected chi connectivity index (χ0v) is 13.9. The molecule has 0 atom stereocenters. The molecule has 0 unspecified atom stereocenters. The quantitative estimate of drug-likeness (QED) is 0.633. The average Bonchev–Trinajstić information content (AvgIpc) is 2.67. The molecular weight excluding hydrogens is 268 g/mol. The summed E-state index contributed by atoms with van der Waals surface area (Å²) in [4.78, 5) is 23.5. The number of hydrogen-bond acceptors (Lipinski definition) is 4. The van der Waals surface area contributed by atoms with E-state index in [-0.39, 0.29) is 17.2 Å². The monoisotopic (exact) mass is 292 g/mol. The highest BCUT2D eigenvalue weighted by molar-refractivity contribution is 6.37. The third kappa shape index (κ3) is 3.80. The Balaban J connectivity index is 3.50. The molecular formula is C16H24N2O3. The molecule has 116 valence electrons. The first kappa shape index (κ1) is 17.1. The molecule has 0 aliphatic rings. The van der Waals surface area contributed by atoms with E-state index in [4.69, 9.17) is 4.74 Å². The first-order chi connectivity index (χ1) is 9.59. The normalized spacial score (nSPS) is 12.4. The molecule has 0 aliphatic heterocycles. The van der Waals surface area contributed by atoms with E-state index < -0.39 is 0 Å². The van der Waals surface area contributed by atoms with Crippen LogP contribution in [0.4, 0.5) is 0 Å². The van der Waals surface area contributed by atoms with E-state index in [0.717, 1.165) is 5.69 Å². The Kier molecular flexibility index (Phi) is 5.10. The number of ketones is 1. The Bertz CT molecular complexity index is 589. The summed E-state index contributed by atoms with van der Waals surface area (Å²) in [7, 11) is 0. The van der Waals surface area contributed by atoms with Crippen molar-refractivity contribution < 1.29 is 14.3 Å². The maximum atomic E-state index is 12.0. The average molecular weight is 292 g/mol. The fourth-order valence-electron chi connectivity index (χ4n) is 1.90. The molecule has 0 aromatic carbocycles. The second-order valence-electron chi connectivity index (χ2n) is 6.05. The molecule has 21 heavy (non-hydrogen) atoms. The number of nitrogens with zero attached hydrogens (tertiary/aromatic N) is 2. The largest absolute Gasteiger partial charge is 0.462 e. The lowest BCUT2D eigenvalue weighted by molar-refractivity contribution is -0.111. The van der Waals surface area contributed by atoms with E-state index in [1.54, 1.807) is 31.5 Å². The third-order valence-corrected chi connectivity index (χ3v) is 3.24. The summed E-state index contributed by atoms with van der Waals surface area (Å²) in [6, 6.07) is 1.80. The Morgan fingerprint density at radius 2 is 1.86 bits per heavy atom. The van der Waals surface area contributed by atoms with E-state index in [2.05, 4.69) is 5.10 Å². The van der Waals surface area contributed by atoms with Crippen LogP contribution in [-0.4, -0.2) is 28.7 Å². The van der Waals surface area contributed by atoms with Crippen molar-refractivity contribution in [3.05, 3.63) is 23.0 Å². The van der Waals surface area contributed by atoms with Crippen molar-refractivity contribution >= 4 is 17.5 Å². The topological polar surface area (TPSA) is 60.7 Å². The van der Waals surface area contributed by atoms with Crippen molar-refractivity contribution in [3.8, 4) is 0 Å². The summed E-state index contributed by atoms with van der Waals surface area (Å²) in [5.41, 5.74) is 2.22. The van der Waals surface area contributed by atoms with Gasteiger partial charge in [0.05, 0.1) is 17.9 Å². The minimum atomic E-state index is -0.366. The van der Waals surface area contributed by atoms with Crippen LogP contribution < -0.4 is 0 Å². The highest BCUT2D eigenvalue weighted by Crippen LogP contribution is 2.28. The van der Waals surface area contributed by atoms with Crippen molar-refractivity contribution in [1.29, 1.82) is 0 Å². The number of esters is 1. The van der Waals surface area contributed by atoms with Crippen LogP contribution in [0.1, 0.15) is 63.3 Å². The molecule has 1 heterocycles. The number of rotatable bonds is 4. The highest BCUT2D eigenvalue weighted by atomic mass is 16.5. The van der Waals surface area contributed by atoms with Gasteiger partial charge in [-0.1, -0.05) is 20.8 Å². The van der Waals surface area contributed by atoms with Gasteiger partial charge in [-0.05, 0) is 26.8 Å². The zero-order chi connectivity index (χ0) is 16.4. The van der Waals surface area contributed by atoms with E-state index in [1.165, 1.54) is 6.92 Å². The van der Waals surface area contributed by atoms with Gasteiger partial charge in [0.15, 0.2) is 5.78 Å². The van der Waals surface area contributed by atoms with Gasteiger partial charge in [0.25, 0.3) is 0 Å². The van der Waals surface area contributed by atoms with Crippen molar-refractivity contribution in [2.75, 3.05) is 6.61 Å². The first-order valence-corrected chi connectivity index (χ1v) is 7.06. The molecule has 1 aromatic rings. The Labute approximate surface area is 126 Å². The molecule has 1 aromatic heterocycles. The predicted octanol–water partition coefficient (Wildman–Crippen LogP) is 3.08. The summed E-state index contributed by atoms with van der Waals surface area (Å²) in [5, 5.41) is 4.36. The number of hydrogen-bond donors (Lipinski definition) is 0. The minimum Gasteiger partial charge on any atom is -0.462 e. The van der Waals surface area contributed by atoms with Crippen LogP contribution in [0.5, 0.6) is 0 Å². The van der Waals surface area contributed by atoms with Gasteiger partial charge in [-0.15, -0.1) is 0 Å². The van der Waals surface area contributed by atoms with Gasteiger partial charge in [-0.3, -0.25) is 4.79 Å². The number of aromatic nitrogens is 1. The highest BCUT2D eigenvalue weighted by Gasteiger charge is 2.26. The van der Waals surface area contributed by atoms with E-state index in [1.807, 2.05) is 20.8 Å². The summed E-state index contributed by atoms with van der Waals surface area (Å²) >= 11 is 0. The summed E-state index contributed by atoms with van der Waals surface area (Å²) in [6.45, 7) is 13.1. The molecule has 0 spiro atoms. The molecule has 5 nitrogen and oxygen atoms in total. The standard InChI is InChI=1S/C16H24N2O3/c1-8-21-15(20)13-9-14(16(5,6)7)18(11(13)3)17-10(2)12(4)19/h9H,8H2,1-7H3/b17-10+. The SMILES string of the molecule is CCOC(=O)c1cc(C(C)(C)C)n(/N=C(\C)C(C)=O)c1C. The van der Waals surface area contributed by atoms with Crippen molar-refractivity contribution in [2.24, 2.45) is 5.10 Å². The lowest BCUT2D eigenvalue weighted by Gasteiger charge is -2.20. The van der Waals surface area contributed by atoms with Crippen LogP contribution in [0.25, 0.3) is 0 Å².